The second-order valence-electron chi connectivity index (χ2n) is 19.3. The van der Waals surface area contributed by atoms with Crippen LogP contribution >= 0.6 is 0 Å². The van der Waals surface area contributed by atoms with Crippen LogP contribution in [0.2, 0.25) is 0 Å². The number of rotatable bonds is 53. The highest BCUT2D eigenvalue weighted by molar-refractivity contribution is 5.70. The molecule has 0 fully saturated rings. The minimum atomic E-state index is -0.805. The third-order valence-electron chi connectivity index (χ3n) is 12.2. The van der Waals surface area contributed by atoms with E-state index in [1.165, 1.54) is 70.6 Å². The Morgan fingerprint density at radius 2 is 0.526 bits per heavy atom. The molecule has 0 bridgehead atoms. The predicted molar refractivity (Wildman–Crippen MR) is 333 cm³/mol. The lowest BCUT2D eigenvalue weighted by Gasteiger charge is -2.15. The van der Waals surface area contributed by atoms with Crippen LogP contribution < -0.4 is 0 Å². The van der Waals surface area contributed by atoms with E-state index in [0.29, 0.717) is 12.8 Å². The van der Waals surface area contributed by atoms with Gasteiger partial charge in [0, 0.05) is 12.8 Å². The summed E-state index contributed by atoms with van der Waals surface area (Å²) in [7, 11) is 0. The van der Waals surface area contributed by atoms with Crippen LogP contribution in [-0.2, 0) is 19.1 Å². The van der Waals surface area contributed by atoms with Crippen LogP contribution in [0, 0.1) is 0 Å². The fraction of sp³-hybridized carbons (Fsp3) is 0.549. The lowest BCUT2D eigenvalue weighted by atomic mass is 10.0. The molecule has 1 unspecified atom stereocenters. The van der Waals surface area contributed by atoms with Crippen LogP contribution in [0.4, 0.5) is 0 Å². The second kappa shape index (κ2) is 64.3. The monoisotopic (exact) mass is 1040 g/mol. The number of aliphatic hydroxyl groups is 1. The molecule has 0 spiro atoms. The molecule has 5 nitrogen and oxygen atoms in total. The van der Waals surface area contributed by atoms with Gasteiger partial charge in [-0.3, -0.25) is 9.59 Å². The summed E-state index contributed by atoms with van der Waals surface area (Å²) in [5.41, 5.74) is 0. The van der Waals surface area contributed by atoms with Gasteiger partial charge in [0.1, 0.15) is 6.61 Å². The molecular weight excluding hydrogens is 933 g/mol. The summed E-state index contributed by atoms with van der Waals surface area (Å²) in [6.07, 6.45) is 102. The number of carbonyl (C=O) groups is 2. The molecule has 0 aliphatic carbocycles. The number of aliphatic hydroxyl groups excluding tert-OH is 1. The van der Waals surface area contributed by atoms with E-state index in [4.69, 9.17) is 9.47 Å². The summed E-state index contributed by atoms with van der Waals surface area (Å²) in [6.45, 7) is 3.86. The van der Waals surface area contributed by atoms with Gasteiger partial charge in [-0.05, 0) is 135 Å². The van der Waals surface area contributed by atoms with Crippen molar-refractivity contribution in [2.24, 2.45) is 0 Å². The molecule has 0 saturated carbocycles. The van der Waals surface area contributed by atoms with Gasteiger partial charge in [-0.25, -0.2) is 0 Å². The van der Waals surface area contributed by atoms with Gasteiger partial charge < -0.3 is 14.6 Å². The highest BCUT2D eigenvalue weighted by atomic mass is 16.6. The number of allylic oxidation sites excluding steroid dienone is 30. The maximum absolute atomic E-state index is 12.3. The molecule has 0 heterocycles. The van der Waals surface area contributed by atoms with E-state index in [0.717, 1.165) is 135 Å². The zero-order valence-corrected chi connectivity index (χ0v) is 48.4. The van der Waals surface area contributed by atoms with Crippen LogP contribution in [0.5, 0.6) is 0 Å². The number of hydrogen-bond acceptors (Lipinski definition) is 5. The van der Waals surface area contributed by atoms with Crippen molar-refractivity contribution in [3.8, 4) is 0 Å². The molecule has 0 amide bonds. The maximum Gasteiger partial charge on any atom is 0.306 e. The van der Waals surface area contributed by atoms with Gasteiger partial charge in [-0.1, -0.05) is 267 Å². The average molecular weight is 1040 g/mol. The molecule has 0 aliphatic rings. The van der Waals surface area contributed by atoms with Gasteiger partial charge in [-0.2, -0.15) is 0 Å². The summed E-state index contributed by atoms with van der Waals surface area (Å²) in [6, 6.07) is 0. The smallest absolute Gasteiger partial charge is 0.306 e. The van der Waals surface area contributed by atoms with E-state index in [2.05, 4.69) is 196 Å². The Balaban J connectivity index is 3.61. The standard InChI is InChI=1S/C71H110O5/c1-3-5-7-9-11-13-15-17-19-21-23-25-26-27-28-29-30-31-32-33-34-35-36-37-38-39-40-41-42-43-44-46-48-50-52-54-56-58-60-62-64-66-71(74)76-69(67-72)68-75-70(73)65-63-61-59-57-55-53-51-49-47-45-24-22-20-18-16-14-12-10-8-6-4-2/h5-8,11-14,17-20,23-25,27-28,30-31,33-34,36-37,39-40,45,49,51,55,57,69,72H,3-4,9-10,15-16,21-22,26,29,32,35,38,41-44,46-48,50,52-54,56,58-68H2,1-2H3/b7-5-,8-6-,13-11-,14-12-,19-17-,20-18-,25-23-,28-27-,31-30-,34-33-,37-36-,40-39-,45-24-,51-49-,57-55-. The van der Waals surface area contributed by atoms with Gasteiger partial charge in [0.15, 0.2) is 6.10 Å². The minimum absolute atomic E-state index is 0.0996. The zero-order chi connectivity index (χ0) is 54.8. The van der Waals surface area contributed by atoms with E-state index < -0.39 is 6.10 Å². The van der Waals surface area contributed by atoms with Crippen molar-refractivity contribution >= 4 is 11.9 Å². The maximum atomic E-state index is 12.3. The number of carbonyl (C=O) groups excluding carboxylic acids is 2. The lowest BCUT2D eigenvalue weighted by molar-refractivity contribution is -0.161. The predicted octanol–water partition coefficient (Wildman–Crippen LogP) is 21.1. The Morgan fingerprint density at radius 1 is 0.303 bits per heavy atom. The fourth-order valence-electron chi connectivity index (χ4n) is 7.73. The van der Waals surface area contributed by atoms with Gasteiger partial charge in [0.25, 0.3) is 0 Å². The first-order valence-electron chi connectivity index (χ1n) is 30.3. The van der Waals surface area contributed by atoms with Crippen LogP contribution in [0.25, 0.3) is 0 Å². The molecule has 76 heavy (non-hydrogen) atoms. The first-order chi connectivity index (χ1) is 37.6. The second-order valence-corrected chi connectivity index (χ2v) is 19.3. The van der Waals surface area contributed by atoms with E-state index in [9.17, 15) is 14.7 Å². The molecular formula is C71H110O5. The summed E-state index contributed by atoms with van der Waals surface area (Å²) in [5.74, 6) is -0.654. The van der Waals surface area contributed by atoms with Crippen molar-refractivity contribution in [2.45, 2.75) is 238 Å². The highest BCUT2D eigenvalue weighted by Crippen LogP contribution is 2.14. The molecule has 1 N–H and O–H groups in total. The molecule has 0 radical (unpaired) electrons. The van der Waals surface area contributed by atoms with Crippen LogP contribution in [0.15, 0.2) is 182 Å². The molecule has 0 aromatic heterocycles. The normalized spacial score (nSPS) is 13.6. The van der Waals surface area contributed by atoms with Crippen molar-refractivity contribution in [3.05, 3.63) is 182 Å². The number of hydrogen-bond donors (Lipinski definition) is 1. The third-order valence-corrected chi connectivity index (χ3v) is 12.2. The molecule has 0 aliphatic heterocycles. The molecule has 1 atom stereocenters. The number of esters is 2. The molecule has 0 aromatic carbocycles. The van der Waals surface area contributed by atoms with Crippen molar-refractivity contribution < 1.29 is 24.2 Å². The lowest BCUT2D eigenvalue weighted by Crippen LogP contribution is -2.28. The van der Waals surface area contributed by atoms with Crippen LogP contribution in [0.1, 0.15) is 232 Å². The van der Waals surface area contributed by atoms with Gasteiger partial charge >= 0.3 is 11.9 Å². The third kappa shape index (κ3) is 61.5. The highest BCUT2D eigenvalue weighted by Gasteiger charge is 2.16. The molecule has 0 aromatic rings. The Morgan fingerprint density at radius 3 is 0.816 bits per heavy atom. The summed E-state index contributed by atoms with van der Waals surface area (Å²) < 4.78 is 10.7. The van der Waals surface area contributed by atoms with Crippen molar-refractivity contribution in [1.82, 2.24) is 0 Å². The summed E-state index contributed by atoms with van der Waals surface area (Å²) >= 11 is 0. The largest absolute Gasteiger partial charge is 0.462 e. The Bertz CT molecular complexity index is 1750. The average Bonchev–Trinajstić information content (AvgIpc) is 3.42. The number of unbranched alkanes of at least 4 members (excludes halogenated alkanes) is 15. The van der Waals surface area contributed by atoms with Gasteiger partial charge in [0.05, 0.1) is 6.61 Å². The van der Waals surface area contributed by atoms with E-state index in [1.54, 1.807) is 0 Å². The fourth-order valence-corrected chi connectivity index (χ4v) is 7.73. The SMILES string of the molecule is CC/C=C\C/C=C\C/C=C\C/C=C\C/C=C\C/C=C\C/C=C\C/C=C\C/C=C\CCCCCCCCCCCCCCCC(=O)OC(CO)COC(=O)CCCC/C=C\C/C=C\C/C=C\C/C=C\C/C=C\C/C=C\CC. The molecule has 0 rings (SSSR count). The van der Waals surface area contributed by atoms with E-state index >= 15 is 0 Å². The van der Waals surface area contributed by atoms with Gasteiger partial charge in [0.2, 0.25) is 0 Å². The van der Waals surface area contributed by atoms with Crippen molar-refractivity contribution in [3.63, 3.8) is 0 Å². The summed E-state index contributed by atoms with van der Waals surface area (Å²) in [5, 5.41) is 9.66. The van der Waals surface area contributed by atoms with Crippen molar-refractivity contribution in [1.29, 1.82) is 0 Å². The molecule has 0 saturated heterocycles. The van der Waals surface area contributed by atoms with Crippen molar-refractivity contribution in [2.75, 3.05) is 13.2 Å². The topological polar surface area (TPSA) is 72.8 Å². The number of ether oxygens (including phenoxy) is 2. The van der Waals surface area contributed by atoms with Gasteiger partial charge in [-0.15, -0.1) is 0 Å². The quantitative estimate of drug-likeness (QED) is 0.0373. The summed E-state index contributed by atoms with van der Waals surface area (Å²) in [4.78, 5) is 24.5. The molecule has 424 valence electrons. The molecule has 5 heteroatoms. The first kappa shape index (κ1) is 71.0. The Hall–Kier alpha value is -5.00. The van der Waals surface area contributed by atoms with Crippen LogP contribution in [0.3, 0.4) is 0 Å². The first-order valence-corrected chi connectivity index (χ1v) is 30.3. The van der Waals surface area contributed by atoms with E-state index in [-0.39, 0.29) is 25.2 Å². The van der Waals surface area contributed by atoms with E-state index in [1.807, 2.05) is 0 Å². The van der Waals surface area contributed by atoms with Crippen LogP contribution in [-0.4, -0.2) is 36.4 Å². The zero-order valence-electron chi connectivity index (χ0n) is 48.4. The Kier molecular flexibility index (Phi) is 60.1. The minimum Gasteiger partial charge on any atom is -0.462 e. The Labute approximate surface area is 467 Å².